The van der Waals surface area contributed by atoms with Crippen molar-refractivity contribution in [2.45, 2.75) is 53.6 Å². The van der Waals surface area contributed by atoms with Crippen molar-refractivity contribution >= 4 is 17.5 Å². The van der Waals surface area contributed by atoms with Crippen LogP contribution in [0, 0.1) is 11.3 Å². The second kappa shape index (κ2) is 4.91. The minimum atomic E-state index is -1.32. The van der Waals surface area contributed by atoms with Crippen LogP contribution in [0.4, 0.5) is 0 Å². The molecule has 0 aromatic rings. The molecule has 19 heavy (non-hydrogen) atoms. The van der Waals surface area contributed by atoms with E-state index in [4.69, 9.17) is 4.74 Å². The van der Waals surface area contributed by atoms with E-state index in [1.165, 1.54) is 13.0 Å². The molecule has 0 aromatic heterocycles. The second-order valence-electron chi connectivity index (χ2n) is 6.26. The van der Waals surface area contributed by atoms with Crippen LogP contribution < -0.4 is 0 Å². The van der Waals surface area contributed by atoms with E-state index in [0.29, 0.717) is 5.57 Å². The normalized spacial score (nSPS) is 27.8. The SMILES string of the molecule is CC(=O)[C@@]1(C(=O)OC(C)(C)C)C(C)=CC(=O)C[C@@H]1C. The molecule has 106 valence electrons. The van der Waals surface area contributed by atoms with Crippen molar-refractivity contribution in [3.05, 3.63) is 11.6 Å². The van der Waals surface area contributed by atoms with E-state index in [2.05, 4.69) is 0 Å². The highest BCUT2D eigenvalue weighted by molar-refractivity contribution is 6.09. The first-order valence-electron chi connectivity index (χ1n) is 6.48. The Labute approximate surface area is 114 Å². The van der Waals surface area contributed by atoms with Crippen molar-refractivity contribution in [2.24, 2.45) is 11.3 Å². The number of rotatable bonds is 2. The minimum Gasteiger partial charge on any atom is -0.459 e. The average molecular weight is 266 g/mol. The predicted octanol–water partition coefficient (Wildman–Crippen LogP) is 2.46. The van der Waals surface area contributed by atoms with Crippen molar-refractivity contribution in [2.75, 3.05) is 0 Å². The fourth-order valence-corrected chi connectivity index (χ4v) is 2.75. The molecular weight excluding hydrogens is 244 g/mol. The summed E-state index contributed by atoms with van der Waals surface area (Å²) in [7, 11) is 0. The van der Waals surface area contributed by atoms with Crippen molar-refractivity contribution in [1.82, 2.24) is 0 Å². The van der Waals surface area contributed by atoms with Gasteiger partial charge in [-0.1, -0.05) is 6.92 Å². The Bertz CT molecular complexity index is 453. The van der Waals surface area contributed by atoms with Crippen LogP contribution in [0.3, 0.4) is 0 Å². The van der Waals surface area contributed by atoms with Gasteiger partial charge in [-0.05, 0) is 52.2 Å². The van der Waals surface area contributed by atoms with Crippen LogP contribution >= 0.6 is 0 Å². The molecule has 0 aliphatic heterocycles. The summed E-state index contributed by atoms with van der Waals surface area (Å²) in [5.41, 5.74) is -1.50. The third-order valence-corrected chi connectivity index (χ3v) is 3.52. The molecule has 1 rings (SSSR count). The summed E-state index contributed by atoms with van der Waals surface area (Å²) < 4.78 is 5.41. The van der Waals surface area contributed by atoms with Crippen LogP contribution in [0.2, 0.25) is 0 Å². The molecule has 0 unspecified atom stereocenters. The molecule has 0 heterocycles. The van der Waals surface area contributed by atoms with E-state index in [-0.39, 0.29) is 23.9 Å². The van der Waals surface area contributed by atoms with Gasteiger partial charge in [-0.25, -0.2) is 0 Å². The summed E-state index contributed by atoms with van der Waals surface area (Å²) in [6.45, 7) is 10.1. The molecule has 0 aromatic carbocycles. The topological polar surface area (TPSA) is 60.4 Å². The molecular formula is C15H22O4. The van der Waals surface area contributed by atoms with E-state index >= 15 is 0 Å². The third kappa shape index (κ3) is 2.77. The van der Waals surface area contributed by atoms with Crippen LogP contribution in [-0.2, 0) is 19.1 Å². The van der Waals surface area contributed by atoms with Gasteiger partial charge >= 0.3 is 5.97 Å². The Morgan fingerprint density at radius 1 is 1.37 bits per heavy atom. The zero-order valence-corrected chi connectivity index (χ0v) is 12.5. The predicted molar refractivity (Wildman–Crippen MR) is 71.5 cm³/mol. The Hall–Kier alpha value is -1.45. The van der Waals surface area contributed by atoms with Gasteiger partial charge in [-0.3, -0.25) is 14.4 Å². The Morgan fingerprint density at radius 2 is 1.89 bits per heavy atom. The van der Waals surface area contributed by atoms with Gasteiger partial charge in [0.05, 0.1) is 0 Å². The van der Waals surface area contributed by atoms with Gasteiger partial charge in [-0.2, -0.15) is 0 Å². The van der Waals surface area contributed by atoms with Crippen molar-refractivity contribution in [3.63, 3.8) is 0 Å². The lowest BCUT2D eigenvalue weighted by atomic mass is 9.63. The van der Waals surface area contributed by atoms with Gasteiger partial charge in [-0.15, -0.1) is 0 Å². The standard InChI is InChI=1S/C15H22O4/c1-9-7-12(17)8-10(2)15(9,11(3)16)13(18)19-14(4,5)6/h7,10H,8H2,1-6H3/t10-,15+/m0/s1. The highest BCUT2D eigenvalue weighted by atomic mass is 16.6. The number of ether oxygens (including phenoxy) is 1. The fraction of sp³-hybridized carbons (Fsp3) is 0.667. The minimum absolute atomic E-state index is 0.0505. The number of carbonyl (C=O) groups is 3. The average Bonchev–Trinajstić information content (AvgIpc) is 2.11. The van der Waals surface area contributed by atoms with Crippen LogP contribution in [0.25, 0.3) is 0 Å². The van der Waals surface area contributed by atoms with Gasteiger partial charge in [0, 0.05) is 6.42 Å². The fourth-order valence-electron chi connectivity index (χ4n) is 2.75. The smallest absolute Gasteiger partial charge is 0.324 e. The van der Waals surface area contributed by atoms with E-state index in [1.54, 1.807) is 34.6 Å². The first-order chi connectivity index (χ1) is 8.51. The first-order valence-corrected chi connectivity index (χ1v) is 6.48. The molecule has 2 atom stereocenters. The molecule has 4 heteroatoms. The molecule has 0 saturated heterocycles. The van der Waals surface area contributed by atoms with Gasteiger partial charge in [0.1, 0.15) is 11.0 Å². The van der Waals surface area contributed by atoms with Crippen LogP contribution in [0.1, 0.15) is 48.0 Å². The van der Waals surface area contributed by atoms with Crippen LogP contribution in [0.5, 0.6) is 0 Å². The molecule has 4 nitrogen and oxygen atoms in total. The Kier molecular flexibility index (Phi) is 4.03. The van der Waals surface area contributed by atoms with E-state index in [0.717, 1.165) is 0 Å². The zero-order valence-electron chi connectivity index (χ0n) is 12.5. The maximum Gasteiger partial charge on any atom is 0.324 e. The first kappa shape index (κ1) is 15.6. The van der Waals surface area contributed by atoms with Gasteiger partial charge in [0.25, 0.3) is 0 Å². The molecule has 1 aliphatic rings. The number of esters is 1. The van der Waals surface area contributed by atoms with Crippen molar-refractivity contribution in [1.29, 1.82) is 0 Å². The number of carbonyl (C=O) groups excluding carboxylic acids is 3. The monoisotopic (exact) mass is 266 g/mol. The Balaban J connectivity index is 3.32. The molecule has 0 fully saturated rings. The number of allylic oxidation sites excluding steroid dienone is 1. The van der Waals surface area contributed by atoms with Gasteiger partial charge in [0.15, 0.2) is 11.6 Å². The summed E-state index contributed by atoms with van der Waals surface area (Å²) in [5, 5.41) is 0. The maximum absolute atomic E-state index is 12.5. The maximum atomic E-state index is 12.5. The van der Waals surface area contributed by atoms with Gasteiger partial charge in [0.2, 0.25) is 0 Å². The largest absolute Gasteiger partial charge is 0.459 e. The number of ketones is 2. The van der Waals surface area contributed by atoms with E-state index in [9.17, 15) is 14.4 Å². The quantitative estimate of drug-likeness (QED) is 0.569. The molecule has 1 aliphatic carbocycles. The van der Waals surface area contributed by atoms with E-state index in [1.807, 2.05) is 0 Å². The molecule has 0 N–H and O–H groups in total. The molecule has 0 radical (unpaired) electrons. The molecule has 0 amide bonds. The molecule has 0 spiro atoms. The van der Waals surface area contributed by atoms with Crippen molar-refractivity contribution < 1.29 is 19.1 Å². The lowest BCUT2D eigenvalue weighted by Crippen LogP contribution is -2.50. The van der Waals surface area contributed by atoms with Crippen LogP contribution in [0.15, 0.2) is 11.6 Å². The van der Waals surface area contributed by atoms with Crippen LogP contribution in [-0.4, -0.2) is 23.1 Å². The lowest BCUT2D eigenvalue weighted by molar-refractivity contribution is -0.171. The summed E-state index contributed by atoms with van der Waals surface area (Å²) >= 11 is 0. The summed E-state index contributed by atoms with van der Waals surface area (Å²) in [6.07, 6.45) is 1.58. The van der Waals surface area contributed by atoms with E-state index < -0.39 is 17.0 Å². The summed E-state index contributed by atoms with van der Waals surface area (Å²) in [6, 6.07) is 0. The number of hydrogen-bond acceptors (Lipinski definition) is 4. The zero-order chi connectivity index (χ0) is 15.0. The highest BCUT2D eigenvalue weighted by Gasteiger charge is 2.53. The molecule has 0 saturated carbocycles. The van der Waals surface area contributed by atoms with Crippen molar-refractivity contribution in [3.8, 4) is 0 Å². The molecule has 0 bridgehead atoms. The number of Topliss-reactive ketones (excluding diaryl/α,β-unsaturated/α-hetero) is 1. The van der Waals surface area contributed by atoms with Gasteiger partial charge < -0.3 is 4.74 Å². The number of hydrogen-bond donors (Lipinski definition) is 0. The summed E-state index contributed by atoms with van der Waals surface area (Å²) in [5.74, 6) is -1.25. The third-order valence-electron chi connectivity index (χ3n) is 3.52. The second-order valence-corrected chi connectivity index (χ2v) is 6.26. The lowest BCUT2D eigenvalue weighted by Gasteiger charge is -2.39. The Morgan fingerprint density at radius 3 is 2.26 bits per heavy atom. The highest BCUT2D eigenvalue weighted by Crippen LogP contribution is 2.43. The summed E-state index contributed by atoms with van der Waals surface area (Å²) in [4.78, 5) is 36.2.